The van der Waals surface area contributed by atoms with Gasteiger partial charge in [-0.3, -0.25) is 23.9 Å². The summed E-state index contributed by atoms with van der Waals surface area (Å²) in [6.45, 7) is 7.30. The van der Waals surface area contributed by atoms with Gasteiger partial charge in [0.05, 0.1) is 17.4 Å². The standard InChI is InChI=1S/C26H32N4O4S2/c1-4-29-22(28-12-10-17(11-13-28)25(33)34-5-2)19(16(3)20(15-27)23(29)31)14-21-24(32)30(26(35)36-21)18-8-6-7-9-18/h14,17-18H,4-13H2,1-3H3/b21-14-. The van der Waals surface area contributed by atoms with Crippen molar-refractivity contribution in [2.24, 2.45) is 5.92 Å². The number of thiocarbonyl (C=S) groups is 1. The zero-order valence-corrected chi connectivity index (χ0v) is 22.7. The van der Waals surface area contributed by atoms with Crippen molar-refractivity contribution in [1.82, 2.24) is 9.47 Å². The fourth-order valence-corrected chi connectivity index (χ4v) is 6.84. The predicted octanol–water partition coefficient (Wildman–Crippen LogP) is 3.97. The van der Waals surface area contributed by atoms with Crippen LogP contribution in [0, 0.1) is 24.2 Å². The molecule has 36 heavy (non-hydrogen) atoms. The molecule has 0 radical (unpaired) electrons. The minimum absolute atomic E-state index is 0.0829. The summed E-state index contributed by atoms with van der Waals surface area (Å²) in [4.78, 5) is 43.3. The number of nitrogens with zero attached hydrogens (tertiary/aromatic N) is 4. The van der Waals surface area contributed by atoms with Gasteiger partial charge in [-0.05, 0) is 58.1 Å². The molecule has 3 heterocycles. The maximum atomic E-state index is 13.4. The van der Waals surface area contributed by atoms with E-state index < -0.39 is 0 Å². The van der Waals surface area contributed by atoms with Crippen LogP contribution in [-0.4, -0.2) is 51.4 Å². The van der Waals surface area contributed by atoms with Gasteiger partial charge in [-0.15, -0.1) is 0 Å². The molecule has 2 aliphatic heterocycles. The van der Waals surface area contributed by atoms with Gasteiger partial charge in [0.15, 0.2) is 0 Å². The summed E-state index contributed by atoms with van der Waals surface area (Å²) in [6, 6.07) is 2.22. The Bertz CT molecular complexity index is 1200. The third kappa shape index (κ3) is 4.83. The molecule has 0 spiro atoms. The Kier molecular flexibility index (Phi) is 8.20. The molecule has 3 aliphatic rings. The number of carbonyl (C=O) groups is 2. The van der Waals surface area contributed by atoms with Crippen molar-refractivity contribution in [2.45, 2.75) is 71.9 Å². The van der Waals surface area contributed by atoms with E-state index in [-0.39, 0.29) is 35.0 Å². The molecule has 0 unspecified atom stereocenters. The summed E-state index contributed by atoms with van der Waals surface area (Å²) < 4.78 is 7.38. The first-order valence-electron chi connectivity index (χ1n) is 12.7. The van der Waals surface area contributed by atoms with Crippen LogP contribution in [0.5, 0.6) is 0 Å². The molecule has 0 bridgehead atoms. The molecule has 8 nitrogen and oxygen atoms in total. The van der Waals surface area contributed by atoms with E-state index in [1.54, 1.807) is 23.3 Å². The van der Waals surface area contributed by atoms with Gasteiger partial charge in [-0.2, -0.15) is 5.26 Å². The second kappa shape index (κ2) is 11.2. The third-order valence-electron chi connectivity index (χ3n) is 7.37. The molecule has 0 aromatic carbocycles. The highest BCUT2D eigenvalue weighted by atomic mass is 32.2. The number of aromatic nitrogens is 1. The van der Waals surface area contributed by atoms with Crippen LogP contribution in [0.3, 0.4) is 0 Å². The Morgan fingerprint density at radius 2 is 1.86 bits per heavy atom. The van der Waals surface area contributed by atoms with Crippen LogP contribution in [0.1, 0.15) is 69.1 Å². The lowest BCUT2D eigenvalue weighted by atomic mass is 9.95. The third-order valence-corrected chi connectivity index (χ3v) is 8.70. The first-order chi connectivity index (χ1) is 17.3. The topological polar surface area (TPSA) is 95.6 Å². The number of rotatable bonds is 6. The van der Waals surface area contributed by atoms with Crippen LogP contribution < -0.4 is 10.5 Å². The van der Waals surface area contributed by atoms with E-state index in [0.717, 1.165) is 25.7 Å². The Morgan fingerprint density at radius 1 is 1.19 bits per heavy atom. The van der Waals surface area contributed by atoms with Crippen LogP contribution in [0.4, 0.5) is 5.82 Å². The maximum Gasteiger partial charge on any atom is 0.309 e. The van der Waals surface area contributed by atoms with Crippen molar-refractivity contribution in [3.63, 3.8) is 0 Å². The van der Waals surface area contributed by atoms with Gasteiger partial charge < -0.3 is 9.64 Å². The second-order valence-electron chi connectivity index (χ2n) is 9.40. The number of hydrogen-bond acceptors (Lipinski definition) is 8. The number of piperidine rings is 1. The number of carbonyl (C=O) groups excluding carboxylic acids is 2. The highest BCUT2D eigenvalue weighted by Gasteiger charge is 2.39. The van der Waals surface area contributed by atoms with Crippen molar-refractivity contribution >= 4 is 52.1 Å². The number of pyridine rings is 1. The summed E-state index contributed by atoms with van der Waals surface area (Å²) in [6.07, 6.45) is 7.13. The molecule has 1 aromatic rings. The predicted molar refractivity (Wildman–Crippen MR) is 145 cm³/mol. The molecule has 1 amide bonds. The number of nitriles is 1. The Hall–Kier alpha value is -2.64. The summed E-state index contributed by atoms with van der Waals surface area (Å²) in [7, 11) is 0. The van der Waals surface area contributed by atoms with Crippen molar-refractivity contribution in [2.75, 3.05) is 24.6 Å². The largest absolute Gasteiger partial charge is 0.466 e. The van der Waals surface area contributed by atoms with Crippen LogP contribution in [0.15, 0.2) is 9.70 Å². The maximum absolute atomic E-state index is 13.4. The molecule has 3 fully saturated rings. The number of esters is 1. The lowest BCUT2D eigenvalue weighted by Gasteiger charge is -2.35. The van der Waals surface area contributed by atoms with Gasteiger partial charge >= 0.3 is 5.97 Å². The van der Waals surface area contributed by atoms with Gasteiger partial charge in [-0.25, -0.2) is 0 Å². The van der Waals surface area contributed by atoms with E-state index >= 15 is 0 Å². The molecular formula is C26H32N4O4S2. The smallest absolute Gasteiger partial charge is 0.309 e. The van der Waals surface area contributed by atoms with E-state index in [2.05, 4.69) is 11.0 Å². The number of hydrogen-bond donors (Lipinski definition) is 0. The fraction of sp³-hybridized carbons (Fsp3) is 0.577. The van der Waals surface area contributed by atoms with Gasteiger partial charge in [0.25, 0.3) is 11.5 Å². The Morgan fingerprint density at radius 3 is 2.44 bits per heavy atom. The average molecular weight is 529 g/mol. The van der Waals surface area contributed by atoms with Crippen molar-refractivity contribution in [3.8, 4) is 6.07 Å². The molecule has 192 valence electrons. The van der Waals surface area contributed by atoms with Crippen LogP contribution >= 0.6 is 24.0 Å². The van der Waals surface area contributed by atoms with Crippen LogP contribution in [0.2, 0.25) is 0 Å². The van der Waals surface area contributed by atoms with E-state index in [0.29, 0.717) is 65.3 Å². The van der Waals surface area contributed by atoms with Gasteiger partial charge in [0, 0.05) is 31.2 Å². The SMILES string of the molecule is CCOC(=O)C1CCN(c2c(/C=C3\SC(=S)N(C4CCCC4)C3=O)c(C)c(C#N)c(=O)n2CC)CC1. The zero-order valence-electron chi connectivity index (χ0n) is 21.0. The molecule has 1 aromatic heterocycles. The summed E-state index contributed by atoms with van der Waals surface area (Å²) in [5.74, 6) is 0.230. The Balaban J connectivity index is 1.76. The van der Waals surface area contributed by atoms with Crippen molar-refractivity contribution < 1.29 is 14.3 Å². The van der Waals surface area contributed by atoms with Gasteiger partial charge in [0.1, 0.15) is 21.8 Å². The first kappa shape index (κ1) is 26.4. The van der Waals surface area contributed by atoms with E-state index in [4.69, 9.17) is 17.0 Å². The summed E-state index contributed by atoms with van der Waals surface area (Å²) >= 11 is 6.87. The molecule has 0 atom stereocenters. The quantitative estimate of drug-likeness (QED) is 0.311. The molecular weight excluding hydrogens is 496 g/mol. The molecule has 10 heteroatoms. The highest BCUT2D eigenvalue weighted by Crippen LogP contribution is 2.40. The number of anilines is 1. The fourth-order valence-electron chi connectivity index (χ4n) is 5.45. The van der Waals surface area contributed by atoms with Gasteiger partial charge in [-0.1, -0.05) is 36.8 Å². The molecule has 1 aliphatic carbocycles. The summed E-state index contributed by atoms with van der Waals surface area (Å²) in [5.41, 5.74) is 0.991. The van der Waals surface area contributed by atoms with E-state index in [1.807, 2.05) is 13.0 Å². The minimum Gasteiger partial charge on any atom is -0.466 e. The zero-order chi connectivity index (χ0) is 26.0. The number of ether oxygens (including phenoxy) is 1. The lowest BCUT2D eigenvalue weighted by molar-refractivity contribution is -0.148. The Labute approximate surface area is 221 Å². The number of amides is 1. The van der Waals surface area contributed by atoms with Crippen LogP contribution in [0.25, 0.3) is 6.08 Å². The molecule has 4 rings (SSSR count). The first-order valence-corrected chi connectivity index (χ1v) is 13.9. The monoisotopic (exact) mass is 528 g/mol. The van der Waals surface area contributed by atoms with Crippen molar-refractivity contribution in [1.29, 1.82) is 5.26 Å². The second-order valence-corrected chi connectivity index (χ2v) is 11.1. The van der Waals surface area contributed by atoms with Gasteiger partial charge in [0.2, 0.25) is 0 Å². The summed E-state index contributed by atoms with van der Waals surface area (Å²) in [5, 5.41) is 9.78. The minimum atomic E-state index is -0.337. The lowest BCUT2D eigenvalue weighted by Crippen LogP contribution is -2.41. The van der Waals surface area contributed by atoms with Crippen molar-refractivity contribution in [3.05, 3.63) is 31.9 Å². The molecule has 1 saturated carbocycles. The molecule has 2 saturated heterocycles. The number of thioether (sulfide) groups is 1. The van der Waals surface area contributed by atoms with Crippen LogP contribution in [-0.2, 0) is 20.9 Å². The van der Waals surface area contributed by atoms with E-state index in [9.17, 15) is 19.6 Å². The normalized spacial score (nSPS) is 20.4. The average Bonchev–Trinajstić information content (AvgIpc) is 3.48. The highest BCUT2D eigenvalue weighted by molar-refractivity contribution is 8.26. The van der Waals surface area contributed by atoms with E-state index in [1.165, 1.54) is 11.8 Å². The molecule has 0 N–H and O–H groups in total.